The van der Waals surface area contributed by atoms with Crippen LogP contribution in [0.1, 0.15) is 12.8 Å². The number of nitrogens with zero attached hydrogens (tertiary/aromatic N) is 3. The lowest BCUT2D eigenvalue weighted by atomic mass is 10.1. The maximum Gasteiger partial charge on any atom is 0.323 e. The number of aromatic nitrogens is 2. The maximum absolute atomic E-state index is 12.3. The second-order valence-electron chi connectivity index (χ2n) is 6.61. The molecular weight excluding hydrogens is 374 g/mol. The molecular formula is C21H20ClN5O. The Kier molecular flexibility index (Phi) is 5.39. The van der Waals surface area contributed by atoms with Gasteiger partial charge in [0.05, 0.1) is 16.4 Å². The van der Waals surface area contributed by atoms with E-state index in [1.807, 2.05) is 48.5 Å². The number of amides is 2. The van der Waals surface area contributed by atoms with E-state index in [4.69, 9.17) is 11.6 Å². The van der Waals surface area contributed by atoms with Crippen LogP contribution < -0.4 is 15.5 Å². The molecule has 0 radical (unpaired) electrons. The van der Waals surface area contributed by atoms with E-state index < -0.39 is 0 Å². The Hall–Kier alpha value is -3.12. The fourth-order valence-electron chi connectivity index (χ4n) is 3.20. The number of anilines is 3. The Morgan fingerprint density at radius 2 is 1.75 bits per heavy atom. The molecule has 2 amide bonds. The van der Waals surface area contributed by atoms with Gasteiger partial charge in [-0.05, 0) is 49.2 Å². The third-order valence-corrected chi connectivity index (χ3v) is 4.95. The summed E-state index contributed by atoms with van der Waals surface area (Å²) in [6, 6.07) is 18.2. The van der Waals surface area contributed by atoms with Crippen LogP contribution in [0.3, 0.4) is 0 Å². The second-order valence-corrected chi connectivity index (χ2v) is 7.02. The summed E-state index contributed by atoms with van der Waals surface area (Å²) in [6.45, 7) is 2.07. The lowest BCUT2D eigenvalue weighted by molar-refractivity contribution is 0.262. The van der Waals surface area contributed by atoms with E-state index in [-0.39, 0.29) is 6.03 Å². The Morgan fingerprint density at radius 3 is 2.50 bits per heavy atom. The minimum Gasteiger partial charge on any atom is -0.355 e. The maximum atomic E-state index is 12.3. The van der Waals surface area contributed by atoms with Gasteiger partial charge in [0, 0.05) is 24.3 Å². The number of para-hydroxylation sites is 1. The van der Waals surface area contributed by atoms with Crippen molar-refractivity contribution in [3.63, 3.8) is 0 Å². The molecule has 7 heteroatoms. The molecule has 2 N–H and O–H groups in total. The van der Waals surface area contributed by atoms with Gasteiger partial charge in [-0.3, -0.25) is 0 Å². The van der Waals surface area contributed by atoms with Crippen LogP contribution in [-0.2, 0) is 0 Å². The predicted octanol–water partition coefficient (Wildman–Crippen LogP) is 5.04. The molecule has 142 valence electrons. The molecule has 3 aromatic rings. The molecule has 1 aliphatic rings. The van der Waals surface area contributed by atoms with Crippen molar-refractivity contribution in [2.45, 2.75) is 12.8 Å². The third-order valence-electron chi connectivity index (χ3n) is 4.62. The molecule has 0 bridgehead atoms. The highest BCUT2D eigenvalue weighted by molar-refractivity contribution is 6.33. The van der Waals surface area contributed by atoms with Gasteiger partial charge in [0.1, 0.15) is 0 Å². The number of hydrogen-bond donors (Lipinski definition) is 2. The highest BCUT2D eigenvalue weighted by atomic mass is 35.5. The van der Waals surface area contributed by atoms with E-state index in [0.29, 0.717) is 16.4 Å². The van der Waals surface area contributed by atoms with Crippen LogP contribution in [0.4, 0.5) is 22.0 Å². The summed E-state index contributed by atoms with van der Waals surface area (Å²) in [5.74, 6) is 0.912. The van der Waals surface area contributed by atoms with Crippen LogP contribution in [0.25, 0.3) is 11.3 Å². The van der Waals surface area contributed by atoms with E-state index in [0.717, 1.165) is 30.2 Å². The minimum absolute atomic E-state index is 0.360. The van der Waals surface area contributed by atoms with Gasteiger partial charge < -0.3 is 15.5 Å². The molecule has 2 aromatic carbocycles. The minimum atomic E-state index is -0.360. The first kappa shape index (κ1) is 18.3. The van der Waals surface area contributed by atoms with Gasteiger partial charge in [-0.2, -0.15) is 0 Å². The summed E-state index contributed by atoms with van der Waals surface area (Å²) in [5.41, 5.74) is 2.86. The van der Waals surface area contributed by atoms with Gasteiger partial charge >= 0.3 is 6.03 Å². The van der Waals surface area contributed by atoms with Crippen LogP contribution >= 0.6 is 11.6 Å². The molecule has 6 nitrogen and oxygen atoms in total. The van der Waals surface area contributed by atoms with Crippen molar-refractivity contribution in [1.29, 1.82) is 0 Å². The van der Waals surface area contributed by atoms with Crippen molar-refractivity contribution in [3.8, 4) is 11.3 Å². The predicted molar refractivity (Wildman–Crippen MR) is 113 cm³/mol. The van der Waals surface area contributed by atoms with Crippen molar-refractivity contribution in [1.82, 2.24) is 10.2 Å². The quantitative estimate of drug-likeness (QED) is 0.651. The first-order chi connectivity index (χ1) is 13.7. The summed E-state index contributed by atoms with van der Waals surface area (Å²) in [5, 5.41) is 14.8. The Balaban J connectivity index is 1.45. The molecule has 0 atom stereocenters. The SMILES string of the molecule is O=C(Nc1cccc(-c2ccc(N3CCCC3)nn2)c1)Nc1ccccc1Cl. The molecule has 1 aromatic heterocycles. The summed E-state index contributed by atoms with van der Waals surface area (Å²) < 4.78 is 0. The van der Waals surface area contributed by atoms with Crippen molar-refractivity contribution in [2.75, 3.05) is 28.6 Å². The van der Waals surface area contributed by atoms with E-state index in [1.54, 1.807) is 12.1 Å². The van der Waals surface area contributed by atoms with Gasteiger partial charge in [0.25, 0.3) is 0 Å². The number of carbonyl (C=O) groups is 1. The van der Waals surface area contributed by atoms with Crippen molar-refractivity contribution in [3.05, 3.63) is 65.7 Å². The fourth-order valence-corrected chi connectivity index (χ4v) is 3.38. The third kappa shape index (κ3) is 4.23. The number of hydrogen-bond acceptors (Lipinski definition) is 4. The number of benzene rings is 2. The van der Waals surface area contributed by atoms with Crippen LogP contribution in [0.5, 0.6) is 0 Å². The average molecular weight is 394 g/mol. The van der Waals surface area contributed by atoms with Gasteiger partial charge in [-0.1, -0.05) is 35.9 Å². The van der Waals surface area contributed by atoms with Gasteiger partial charge in [0.2, 0.25) is 0 Å². The molecule has 2 heterocycles. The van der Waals surface area contributed by atoms with Crippen molar-refractivity contribution < 1.29 is 4.79 Å². The molecule has 28 heavy (non-hydrogen) atoms. The van der Waals surface area contributed by atoms with Gasteiger partial charge in [0.15, 0.2) is 5.82 Å². The van der Waals surface area contributed by atoms with Gasteiger partial charge in [-0.25, -0.2) is 4.79 Å². The van der Waals surface area contributed by atoms with E-state index in [1.165, 1.54) is 12.8 Å². The van der Waals surface area contributed by atoms with Crippen molar-refractivity contribution >= 4 is 34.8 Å². The molecule has 0 unspecified atom stereocenters. The highest BCUT2D eigenvalue weighted by Crippen LogP contribution is 2.24. The Labute approximate surface area is 168 Å². The zero-order chi connectivity index (χ0) is 19.3. The average Bonchev–Trinajstić information content (AvgIpc) is 3.25. The molecule has 1 aliphatic heterocycles. The number of urea groups is 1. The lowest BCUT2D eigenvalue weighted by Crippen LogP contribution is -2.19. The topological polar surface area (TPSA) is 70.2 Å². The first-order valence-electron chi connectivity index (χ1n) is 9.21. The monoisotopic (exact) mass is 393 g/mol. The van der Waals surface area contributed by atoms with Crippen LogP contribution in [0, 0.1) is 0 Å². The normalized spacial score (nSPS) is 13.4. The van der Waals surface area contributed by atoms with Gasteiger partial charge in [-0.15, -0.1) is 10.2 Å². The largest absolute Gasteiger partial charge is 0.355 e. The number of carbonyl (C=O) groups excluding carboxylic acids is 1. The standard InChI is InChI=1S/C21H20ClN5O/c22-17-8-1-2-9-19(17)24-21(28)23-16-7-5-6-15(14-16)18-10-11-20(26-25-18)27-12-3-4-13-27/h1-2,5-11,14H,3-4,12-13H2,(H2,23,24,28). The van der Waals surface area contributed by atoms with E-state index in [9.17, 15) is 4.79 Å². The van der Waals surface area contributed by atoms with Crippen LogP contribution in [0.15, 0.2) is 60.7 Å². The fraction of sp³-hybridized carbons (Fsp3) is 0.190. The zero-order valence-electron chi connectivity index (χ0n) is 15.2. The molecule has 0 saturated carbocycles. The number of nitrogens with one attached hydrogen (secondary N) is 2. The van der Waals surface area contributed by atoms with E-state index in [2.05, 4.69) is 25.7 Å². The Bertz CT molecular complexity index is 971. The summed E-state index contributed by atoms with van der Waals surface area (Å²) in [4.78, 5) is 14.5. The number of rotatable bonds is 4. The molecule has 0 spiro atoms. The summed E-state index contributed by atoms with van der Waals surface area (Å²) >= 11 is 6.08. The number of halogens is 1. The second kappa shape index (κ2) is 8.27. The summed E-state index contributed by atoms with van der Waals surface area (Å²) in [6.07, 6.45) is 2.40. The molecule has 1 saturated heterocycles. The first-order valence-corrected chi connectivity index (χ1v) is 9.58. The van der Waals surface area contributed by atoms with E-state index >= 15 is 0 Å². The van der Waals surface area contributed by atoms with Crippen LogP contribution in [-0.4, -0.2) is 29.3 Å². The summed E-state index contributed by atoms with van der Waals surface area (Å²) in [7, 11) is 0. The molecule has 1 fully saturated rings. The molecule has 4 rings (SSSR count). The Morgan fingerprint density at radius 1 is 0.929 bits per heavy atom. The van der Waals surface area contributed by atoms with Crippen molar-refractivity contribution in [2.24, 2.45) is 0 Å². The highest BCUT2D eigenvalue weighted by Gasteiger charge is 2.14. The van der Waals surface area contributed by atoms with Crippen LogP contribution in [0.2, 0.25) is 5.02 Å². The molecule has 0 aliphatic carbocycles. The zero-order valence-corrected chi connectivity index (χ0v) is 16.0. The smallest absolute Gasteiger partial charge is 0.323 e. The lowest BCUT2D eigenvalue weighted by Gasteiger charge is -2.15.